The Morgan fingerprint density at radius 1 is 1.53 bits per heavy atom. The number of anilines is 1. The van der Waals surface area contributed by atoms with E-state index in [2.05, 4.69) is 10.3 Å². The van der Waals surface area contributed by atoms with Crippen molar-refractivity contribution in [2.45, 2.75) is 27.3 Å². The summed E-state index contributed by atoms with van der Waals surface area (Å²) < 4.78 is 11.2. The van der Waals surface area contributed by atoms with Crippen LogP contribution in [0.3, 0.4) is 0 Å². The van der Waals surface area contributed by atoms with Crippen LogP contribution >= 0.6 is 11.3 Å². The van der Waals surface area contributed by atoms with Crippen LogP contribution in [0.1, 0.15) is 26.5 Å². The maximum atomic E-state index is 11.4. The van der Waals surface area contributed by atoms with Crippen LogP contribution in [0.15, 0.2) is 5.38 Å². The van der Waals surface area contributed by atoms with E-state index in [9.17, 15) is 9.00 Å². The Balaban J connectivity index is 2.42. The predicted octanol–water partition coefficient (Wildman–Crippen LogP) is 1.37. The van der Waals surface area contributed by atoms with Crippen molar-refractivity contribution in [2.24, 2.45) is 0 Å². The number of rotatable bonds is 8. The summed E-state index contributed by atoms with van der Waals surface area (Å²) in [5.41, 5.74) is 0.919. The number of nitrogens with zero attached hydrogens (tertiary/aromatic N) is 2. The smallest absolute Gasteiger partial charge is 0.225 e. The van der Waals surface area contributed by atoms with E-state index in [1.165, 1.54) is 11.3 Å². The van der Waals surface area contributed by atoms with Crippen molar-refractivity contribution in [1.29, 1.82) is 0 Å². The molecule has 1 rings (SSSR count). The van der Waals surface area contributed by atoms with Crippen molar-refractivity contribution in [1.82, 2.24) is 10.3 Å². The van der Waals surface area contributed by atoms with Crippen LogP contribution in [0.25, 0.3) is 0 Å². The van der Waals surface area contributed by atoms with E-state index in [-0.39, 0.29) is 5.91 Å². The molecule has 1 atom stereocenters. The molecule has 0 spiro atoms. The van der Waals surface area contributed by atoms with Gasteiger partial charge >= 0.3 is 0 Å². The minimum atomic E-state index is -0.728. The van der Waals surface area contributed by atoms with Crippen LogP contribution in [0, 0.1) is 0 Å². The van der Waals surface area contributed by atoms with Crippen molar-refractivity contribution in [3.05, 3.63) is 11.1 Å². The van der Waals surface area contributed by atoms with Gasteiger partial charge in [-0.05, 0) is 6.92 Å². The third-order valence-electron chi connectivity index (χ3n) is 2.60. The van der Waals surface area contributed by atoms with Gasteiger partial charge in [0.1, 0.15) is 0 Å². The third-order valence-corrected chi connectivity index (χ3v) is 4.82. The summed E-state index contributed by atoms with van der Waals surface area (Å²) in [7, 11) is -0.728. The summed E-state index contributed by atoms with van der Waals surface area (Å²) in [6, 6.07) is 0. The highest BCUT2D eigenvalue weighted by Crippen LogP contribution is 2.20. The van der Waals surface area contributed by atoms with Gasteiger partial charge in [0.05, 0.1) is 5.69 Å². The Hall–Kier alpha value is -0.790. The molecule has 0 aromatic carbocycles. The normalized spacial score (nSPS) is 12.4. The summed E-state index contributed by atoms with van der Waals surface area (Å²) in [5, 5.41) is 5.90. The van der Waals surface area contributed by atoms with E-state index in [0.29, 0.717) is 24.6 Å². The van der Waals surface area contributed by atoms with Crippen LogP contribution in [0.5, 0.6) is 0 Å². The van der Waals surface area contributed by atoms with Gasteiger partial charge in [-0.1, -0.05) is 6.92 Å². The van der Waals surface area contributed by atoms with E-state index < -0.39 is 10.8 Å². The van der Waals surface area contributed by atoms with Gasteiger partial charge in [0.2, 0.25) is 5.91 Å². The monoisotopic (exact) mass is 303 g/mol. The molecule has 1 unspecified atom stereocenters. The molecular formula is C12H21N3O2S2. The number of carbonyl (C=O) groups is 1. The highest BCUT2D eigenvalue weighted by atomic mass is 32.2. The minimum absolute atomic E-state index is 0.00898. The SMILES string of the molecule is CCN(C(C)=O)c1nc(CNCCS(=O)CC)cs1. The minimum Gasteiger partial charge on any atom is -0.310 e. The summed E-state index contributed by atoms with van der Waals surface area (Å²) >= 11 is 1.47. The highest BCUT2D eigenvalue weighted by molar-refractivity contribution is 7.84. The molecule has 1 heterocycles. The van der Waals surface area contributed by atoms with Gasteiger partial charge in [0.25, 0.3) is 0 Å². The first-order valence-corrected chi connectivity index (χ1v) is 8.73. The van der Waals surface area contributed by atoms with E-state index in [0.717, 1.165) is 17.4 Å². The molecule has 1 aromatic heterocycles. The second-order valence-corrected chi connectivity index (χ2v) is 6.70. The summed E-state index contributed by atoms with van der Waals surface area (Å²) in [4.78, 5) is 17.5. The number of thiazole rings is 1. The number of hydrogen-bond donors (Lipinski definition) is 1. The molecule has 0 aliphatic carbocycles. The van der Waals surface area contributed by atoms with Crippen LogP contribution < -0.4 is 10.2 Å². The standard InChI is InChI=1S/C12H21N3O2S2/c1-4-15(10(3)16)12-14-11(9-18-12)8-13-6-7-19(17)5-2/h9,13H,4-8H2,1-3H3. The molecule has 0 radical (unpaired) electrons. The molecule has 1 amide bonds. The summed E-state index contributed by atoms with van der Waals surface area (Å²) in [6.07, 6.45) is 0. The Bertz CT molecular complexity index is 434. The second kappa shape index (κ2) is 8.39. The first-order valence-electron chi connectivity index (χ1n) is 6.36. The summed E-state index contributed by atoms with van der Waals surface area (Å²) in [6.45, 7) is 7.39. The Kier molecular flexibility index (Phi) is 7.19. The van der Waals surface area contributed by atoms with Gasteiger partial charge in [0, 0.05) is 54.2 Å². The van der Waals surface area contributed by atoms with Gasteiger partial charge in [-0.15, -0.1) is 11.3 Å². The maximum absolute atomic E-state index is 11.4. The molecule has 19 heavy (non-hydrogen) atoms. The van der Waals surface area contributed by atoms with Crippen molar-refractivity contribution in [3.8, 4) is 0 Å². The number of hydrogen-bond acceptors (Lipinski definition) is 5. The number of aromatic nitrogens is 1. The van der Waals surface area contributed by atoms with Gasteiger partial charge < -0.3 is 5.32 Å². The fourth-order valence-electron chi connectivity index (χ4n) is 1.54. The molecule has 7 heteroatoms. The van der Waals surface area contributed by atoms with Gasteiger partial charge in [-0.25, -0.2) is 4.98 Å². The lowest BCUT2D eigenvalue weighted by Crippen LogP contribution is -2.27. The third kappa shape index (κ3) is 5.38. The zero-order valence-corrected chi connectivity index (χ0v) is 13.3. The summed E-state index contributed by atoms with van der Waals surface area (Å²) in [5.74, 6) is 1.38. The van der Waals surface area contributed by atoms with Gasteiger partial charge in [-0.3, -0.25) is 13.9 Å². The molecule has 1 N–H and O–H groups in total. The molecular weight excluding hydrogens is 282 g/mol. The number of carbonyl (C=O) groups excluding carboxylic acids is 1. The molecule has 0 aliphatic heterocycles. The van der Waals surface area contributed by atoms with E-state index in [1.807, 2.05) is 19.2 Å². The number of amides is 1. The molecule has 0 saturated heterocycles. The van der Waals surface area contributed by atoms with Gasteiger partial charge in [-0.2, -0.15) is 0 Å². The van der Waals surface area contributed by atoms with E-state index in [4.69, 9.17) is 0 Å². The highest BCUT2D eigenvalue weighted by Gasteiger charge is 2.12. The van der Waals surface area contributed by atoms with Crippen molar-refractivity contribution < 1.29 is 9.00 Å². The Morgan fingerprint density at radius 2 is 2.26 bits per heavy atom. The average Bonchev–Trinajstić information content (AvgIpc) is 2.83. The first-order chi connectivity index (χ1) is 9.08. The zero-order chi connectivity index (χ0) is 14.3. The fraction of sp³-hybridized carbons (Fsp3) is 0.667. The molecule has 108 valence electrons. The van der Waals surface area contributed by atoms with Crippen molar-refractivity contribution in [2.75, 3.05) is 29.5 Å². The van der Waals surface area contributed by atoms with Gasteiger partial charge in [0.15, 0.2) is 5.13 Å². The molecule has 5 nitrogen and oxygen atoms in total. The first kappa shape index (κ1) is 16.3. The Morgan fingerprint density at radius 3 is 2.84 bits per heavy atom. The Labute approximate surface area is 120 Å². The average molecular weight is 303 g/mol. The van der Waals surface area contributed by atoms with Crippen LogP contribution in [-0.2, 0) is 22.1 Å². The molecule has 1 aromatic rings. The molecule has 0 saturated carbocycles. The molecule has 0 aliphatic rings. The second-order valence-electron chi connectivity index (χ2n) is 3.99. The largest absolute Gasteiger partial charge is 0.310 e. The lowest BCUT2D eigenvalue weighted by atomic mass is 10.5. The quantitative estimate of drug-likeness (QED) is 0.737. The predicted molar refractivity (Wildman–Crippen MR) is 81.1 cm³/mol. The lowest BCUT2D eigenvalue weighted by molar-refractivity contribution is -0.116. The van der Waals surface area contributed by atoms with Crippen molar-refractivity contribution >= 4 is 33.2 Å². The van der Waals surface area contributed by atoms with Crippen LogP contribution in [-0.4, -0.2) is 39.7 Å². The maximum Gasteiger partial charge on any atom is 0.225 e. The van der Waals surface area contributed by atoms with E-state index in [1.54, 1.807) is 11.8 Å². The zero-order valence-electron chi connectivity index (χ0n) is 11.6. The fourth-order valence-corrected chi connectivity index (χ4v) is 3.13. The van der Waals surface area contributed by atoms with Crippen molar-refractivity contribution in [3.63, 3.8) is 0 Å². The van der Waals surface area contributed by atoms with Crippen LogP contribution in [0.4, 0.5) is 5.13 Å². The van der Waals surface area contributed by atoms with E-state index >= 15 is 0 Å². The number of nitrogens with one attached hydrogen (secondary N) is 1. The lowest BCUT2D eigenvalue weighted by Gasteiger charge is -2.14. The topological polar surface area (TPSA) is 62.3 Å². The van der Waals surface area contributed by atoms with Crippen LogP contribution in [0.2, 0.25) is 0 Å². The molecule has 0 bridgehead atoms. The molecule has 0 fully saturated rings.